The van der Waals surface area contributed by atoms with Crippen LogP contribution in [0.4, 0.5) is 0 Å². The zero-order valence-electron chi connectivity index (χ0n) is 10.2. The quantitative estimate of drug-likeness (QED) is 0.626. The molecule has 0 unspecified atom stereocenters. The number of nitrogens with one attached hydrogen (secondary N) is 1. The van der Waals surface area contributed by atoms with Crippen LogP contribution in [0.3, 0.4) is 0 Å². The van der Waals surface area contributed by atoms with Crippen molar-refractivity contribution in [1.29, 1.82) is 0 Å². The second kappa shape index (κ2) is 3.82. The van der Waals surface area contributed by atoms with E-state index in [2.05, 4.69) is 59.9 Å². The van der Waals surface area contributed by atoms with Crippen LogP contribution in [0.5, 0.6) is 0 Å². The molecule has 1 aliphatic rings. The van der Waals surface area contributed by atoms with E-state index in [9.17, 15) is 0 Å². The standard InChI is InChI=1S/C17H15N/c1-3-7-14-12(5-1)11-13-6-2-4-8-15(13)17(14)16-9-10-18-16/h1-8,11,16,18H,9-10H2/t16-/m0/s1. The van der Waals surface area contributed by atoms with Crippen LogP contribution in [0.1, 0.15) is 18.0 Å². The molecule has 0 aromatic heterocycles. The minimum atomic E-state index is 0.529. The van der Waals surface area contributed by atoms with Crippen LogP contribution in [0, 0.1) is 0 Å². The lowest BCUT2D eigenvalue weighted by atomic mass is 9.88. The zero-order chi connectivity index (χ0) is 11.9. The SMILES string of the molecule is c1ccc2c([C@@H]3CCN3)c3ccccc3cc2c1. The maximum absolute atomic E-state index is 3.55. The van der Waals surface area contributed by atoms with Crippen molar-refractivity contribution < 1.29 is 0 Å². The summed E-state index contributed by atoms with van der Waals surface area (Å²) in [4.78, 5) is 0. The molecule has 1 heterocycles. The third kappa shape index (κ3) is 1.37. The maximum atomic E-state index is 3.55. The summed E-state index contributed by atoms with van der Waals surface area (Å²) >= 11 is 0. The van der Waals surface area contributed by atoms with E-state index < -0.39 is 0 Å². The fourth-order valence-electron chi connectivity index (χ4n) is 2.96. The monoisotopic (exact) mass is 233 g/mol. The fraction of sp³-hybridized carbons (Fsp3) is 0.176. The minimum absolute atomic E-state index is 0.529. The highest BCUT2D eigenvalue weighted by molar-refractivity contribution is 6.02. The van der Waals surface area contributed by atoms with E-state index in [1.54, 1.807) is 0 Å². The molecule has 3 aromatic rings. The molecule has 1 atom stereocenters. The molecule has 4 rings (SSSR count). The van der Waals surface area contributed by atoms with E-state index >= 15 is 0 Å². The van der Waals surface area contributed by atoms with Gasteiger partial charge in [-0.25, -0.2) is 0 Å². The smallest absolute Gasteiger partial charge is 0.0344 e. The molecule has 1 N–H and O–H groups in total. The van der Waals surface area contributed by atoms with Crippen molar-refractivity contribution in [2.45, 2.75) is 12.5 Å². The van der Waals surface area contributed by atoms with Crippen molar-refractivity contribution in [3.8, 4) is 0 Å². The van der Waals surface area contributed by atoms with Gasteiger partial charge in [-0.05, 0) is 46.1 Å². The topological polar surface area (TPSA) is 12.0 Å². The average molecular weight is 233 g/mol. The minimum Gasteiger partial charge on any atom is -0.310 e. The molecule has 1 heteroatoms. The molecule has 88 valence electrons. The maximum Gasteiger partial charge on any atom is 0.0344 e. The van der Waals surface area contributed by atoms with Crippen LogP contribution < -0.4 is 5.32 Å². The molecule has 18 heavy (non-hydrogen) atoms. The molecule has 0 saturated carbocycles. The van der Waals surface area contributed by atoms with Gasteiger partial charge in [0.15, 0.2) is 0 Å². The Bertz CT molecular complexity index is 672. The summed E-state index contributed by atoms with van der Waals surface area (Å²) in [5.41, 5.74) is 1.48. The molecule has 1 aliphatic heterocycles. The van der Waals surface area contributed by atoms with Crippen LogP contribution in [0.25, 0.3) is 21.5 Å². The molecule has 1 nitrogen and oxygen atoms in total. The van der Waals surface area contributed by atoms with Gasteiger partial charge in [-0.1, -0.05) is 48.5 Å². The predicted octanol–water partition coefficient (Wildman–Crippen LogP) is 4.03. The van der Waals surface area contributed by atoms with Crippen molar-refractivity contribution >= 4 is 21.5 Å². The van der Waals surface area contributed by atoms with Crippen molar-refractivity contribution in [3.05, 3.63) is 60.2 Å². The lowest BCUT2D eigenvalue weighted by molar-refractivity contribution is 0.388. The van der Waals surface area contributed by atoms with Crippen molar-refractivity contribution in [2.75, 3.05) is 6.54 Å². The highest BCUT2D eigenvalue weighted by Crippen LogP contribution is 2.36. The van der Waals surface area contributed by atoms with Crippen molar-refractivity contribution in [3.63, 3.8) is 0 Å². The fourth-order valence-corrected chi connectivity index (χ4v) is 2.96. The third-order valence-corrected chi connectivity index (χ3v) is 3.99. The van der Waals surface area contributed by atoms with Gasteiger partial charge < -0.3 is 5.32 Å². The molecule has 1 fully saturated rings. The van der Waals surface area contributed by atoms with Crippen molar-refractivity contribution in [1.82, 2.24) is 5.32 Å². The Hall–Kier alpha value is -1.86. The molecule has 0 bridgehead atoms. The Morgan fingerprint density at radius 2 is 1.39 bits per heavy atom. The van der Waals surface area contributed by atoms with E-state index in [4.69, 9.17) is 0 Å². The predicted molar refractivity (Wildman–Crippen MR) is 76.8 cm³/mol. The summed E-state index contributed by atoms with van der Waals surface area (Å²) in [5.74, 6) is 0. The normalized spacial score (nSPS) is 19.0. The lowest BCUT2D eigenvalue weighted by Crippen LogP contribution is -2.35. The van der Waals surface area contributed by atoms with Gasteiger partial charge in [-0.3, -0.25) is 0 Å². The largest absolute Gasteiger partial charge is 0.310 e. The van der Waals surface area contributed by atoms with Crippen LogP contribution >= 0.6 is 0 Å². The van der Waals surface area contributed by atoms with E-state index in [0.717, 1.165) is 6.54 Å². The van der Waals surface area contributed by atoms with Gasteiger partial charge >= 0.3 is 0 Å². The zero-order valence-corrected chi connectivity index (χ0v) is 10.2. The summed E-state index contributed by atoms with van der Waals surface area (Å²) in [7, 11) is 0. The van der Waals surface area contributed by atoms with Gasteiger partial charge in [-0.2, -0.15) is 0 Å². The van der Waals surface area contributed by atoms with Crippen LogP contribution in [0.15, 0.2) is 54.6 Å². The number of hydrogen-bond acceptors (Lipinski definition) is 1. The molecule has 3 aromatic carbocycles. The Balaban J connectivity index is 2.17. The number of benzene rings is 3. The van der Waals surface area contributed by atoms with Gasteiger partial charge in [0, 0.05) is 6.04 Å². The van der Waals surface area contributed by atoms with Crippen LogP contribution in [0.2, 0.25) is 0 Å². The molecule has 0 aliphatic carbocycles. The number of fused-ring (bicyclic) bond motifs is 2. The molecule has 0 spiro atoms. The van der Waals surface area contributed by atoms with E-state index in [0.29, 0.717) is 6.04 Å². The molecular weight excluding hydrogens is 218 g/mol. The summed E-state index contributed by atoms with van der Waals surface area (Å²) in [6, 6.07) is 20.3. The first-order chi connectivity index (χ1) is 8.93. The van der Waals surface area contributed by atoms with Gasteiger partial charge in [0.2, 0.25) is 0 Å². The van der Waals surface area contributed by atoms with Gasteiger partial charge in [-0.15, -0.1) is 0 Å². The first-order valence-electron chi connectivity index (χ1n) is 6.57. The highest BCUT2D eigenvalue weighted by atomic mass is 15.0. The highest BCUT2D eigenvalue weighted by Gasteiger charge is 2.22. The average Bonchev–Trinajstić information content (AvgIpc) is 2.36. The van der Waals surface area contributed by atoms with Crippen LogP contribution in [-0.2, 0) is 0 Å². The Kier molecular flexibility index (Phi) is 2.14. The van der Waals surface area contributed by atoms with Gasteiger partial charge in [0.1, 0.15) is 0 Å². The Morgan fingerprint density at radius 3 is 1.89 bits per heavy atom. The van der Waals surface area contributed by atoms with E-state index in [1.807, 2.05) is 0 Å². The van der Waals surface area contributed by atoms with Gasteiger partial charge in [0.25, 0.3) is 0 Å². The first kappa shape index (κ1) is 10.1. The molecule has 1 saturated heterocycles. The summed E-state index contributed by atoms with van der Waals surface area (Å²) in [6.45, 7) is 1.14. The first-order valence-corrected chi connectivity index (χ1v) is 6.57. The van der Waals surface area contributed by atoms with Crippen molar-refractivity contribution in [2.24, 2.45) is 0 Å². The molecule has 0 amide bonds. The van der Waals surface area contributed by atoms with Crippen LogP contribution in [-0.4, -0.2) is 6.54 Å². The van der Waals surface area contributed by atoms with E-state index in [-0.39, 0.29) is 0 Å². The second-order valence-corrected chi connectivity index (χ2v) is 5.03. The summed E-state index contributed by atoms with van der Waals surface area (Å²) < 4.78 is 0. The third-order valence-electron chi connectivity index (χ3n) is 3.99. The number of rotatable bonds is 1. The lowest BCUT2D eigenvalue weighted by Gasteiger charge is -2.30. The summed E-state index contributed by atoms with van der Waals surface area (Å²) in [5, 5.41) is 9.03. The Labute approximate surface area is 106 Å². The number of hydrogen-bond donors (Lipinski definition) is 1. The summed E-state index contributed by atoms with van der Waals surface area (Å²) in [6.07, 6.45) is 1.25. The molecular formula is C17H15N. The van der Waals surface area contributed by atoms with Gasteiger partial charge in [0.05, 0.1) is 0 Å². The second-order valence-electron chi connectivity index (χ2n) is 5.03. The Morgan fingerprint density at radius 1 is 0.833 bits per heavy atom. The van der Waals surface area contributed by atoms with E-state index in [1.165, 1.54) is 33.5 Å². The molecule has 0 radical (unpaired) electrons.